The number of halogens is 1. The second-order valence-electron chi connectivity index (χ2n) is 3.40. The Labute approximate surface area is 96.2 Å². The molecule has 1 N–H and O–H groups in total. The van der Waals surface area contributed by atoms with Crippen molar-refractivity contribution in [3.8, 4) is 5.88 Å². The third-order valence-electron chi connectivity index (χ3n) is 2.21. The molecule has 2 rings (SSSR count). The first-order chi connectivity index (χ1) is 7.24. The summed E-state index contributed by atoms with van der Waals surface area (Å²) >= 11 is 3.30. The minimum atomic E-state index is 0.0383. The second-order valence-corrected chi connectivity index (χ2v) is 4.31. The topological polar surface area (TPSA) is 51.2 Å². The van der Waals surface area contributed by atoms with Crippen molar-refractivity contribution in [2.24, 2.45) is 0 Å². The Morgan fingerprint density at radius 2 is 2.40 bits per heavy atom. The monoisotopic (exact) mass is 270 g/mol. The minimum absolute atomic E-state index is 0.0383. The number of piperidine rings is 1. The lowest BCUT2D eigenvalue weighted by atomic mass is 10.1. The zero-order valence-corrected chi connectivity index (χ0v) is 9.66. The first kappa shape index (κ1) is 10.4. The lowest BCUT2D eigenvalue weighted by molar-refractivity contribution is -0.123. The highest BCUT2D eigenvalue weighted by Crippen LogP contribution is 2.15. The number of rotatable bonds is 2. The van der Waals surface area contributed by atoms with E-state index in [1.807, 2.05) is 6.07 Å². The minimum Gasteiger partial charge on any atom is -0.472 e. The average Bonchev–Trinajstić information content (AvgIpc) is 2.25. The third kappa shape index (κ3) is 2.92. The number of hydrogen-bond acceptors (Lipinski definition) is 3. The standard InChI is InChI=1S/C10H11BrN2O2/c11-7-1-4-10(13-5-7)15-8-2-3-9(14)12-6-8/h1,4-5,8H,2-3,6H2,(H,12,14)/t8-/m1/s1. The van der Waals surface area contributed by atoms with E-state index < -0.39 is 0 Å². The van der Waals surface area contributed by atoms with E-state index in [4.69, 9.17) is 4.74 Å². The van der Waals surface area contributed by atoms with E-state index in [1.165, 1.54) is 0 Å². The van der Waals surface area contributed by atoms with Crippen LogP contribution in [0.1, 0.15) is 12.8 Å². The SMILES string of the molecule is O=C1CC[C@@H](Oc2ccc(Br)cn2)CN1. The predicted molar refractivity (Wildman–Crippen MR) is 58.6 cm³/mol. The molecule has 0 aromatic carbocycles. The molecule has 0 saturated carbocycles. The zero-order valence-electron chi connectivity index (χ0n) is 8.07. The van der Waals surface area contributed by atoms with E-state index in [2.05, 4.69) is 26.2 Å². The van der Waals surface area contributed by atoms with Gasteiger partial charge in [-0.25, -0.2) is 4.98 Å². The maximum atomic E-state index is 10.9. The van der Waals surface area contributed by atoms with Crippen LogP contribution in [0.3, 0.4) is 0 Å². The maximum absolute atomic E-state index is 10.9. The summed E-state index contributed by atoms with van der Waals surface area (Å²) in [4.78, 5) is 15.0. The summed E-state index contributed by atoms with van der Waals surface area (Å²) in [6.45, 7) is 0.566. The molecule has 1 aromatic heterocycles. The van der Waals surface area contributed by atoms with E-state index in [1.54, 1.807) is 12.3 Å². The molecule has 1 aliphatic rings. The van der Waals surface area contributed by atoms with Crippen molar-refractivity contribution in [1.29, 1.82) is 0 Å². The molecule has 15 heavy (non-hydrogen) atoms. The van der Waals surface area contributed by atoms with Crippen LogP contribution in [0.4, 0.5) is 0 Å². The number of carbonyl (C=O) groups excluding carboxylic acids is 1. The van der Waals surface area contributed by atoms with Crippen molar-refractivity contribution in [1.82, 2.24) is 10.3 Å². The van der Waals surface area contributed by atoms with Crippen molar-refractivity contribution in [3.63, 3.8) is 0 Å². The van der Waals surface area contributed by atoms with Crippen molar-refractivity contribution in [2.75, 3.05) is 6.54 Å². The van der Waals surface area contributed by atoms with Crippen molar-refractivity contribution in [2.45, 2.75) is 18.9 Å². The molecule has 4 nitrogen and oxygen atoms in total. The Morgan fingerprint density at radius 3 is 3.00 bits per heavy atom. The van der Waals surface area contributed by atoms with Crippen LogP contribution in [0.2, 0.25) is 0 Å². The number of amides is 1. The number of nitrogens with one attached hydrogen (secondary N) is 1. The van der Waals surface area contributed by atoms with Gasteiger partial charge >= 0.3 is 0 Å². The molecule has 1 fully saturated rings. The van der Waals surface area contributed by atoms with Crippen molar-refractivity contribution in [3.05, 3.63) is 22.8 Å². The highest BCUT2D eigenvalue weighted by atomic mass is 79.9. The molecule has 1 aliphatic heterocycles. The van der Waals surface area contributed by atoms with Gasteiger partial charge in [-0.05, 0) is 28.4 Å². The largest absolute Gasteiger partial charge is 0.472 e. The van der Waals surface area contributed by atoms with Crippen molar-refractivity contribution >= 4 is 21.8 Å². The van der Waals surface area contributed by atoms with Gasteiger partial charge < -0.3 is 10.1 Å². The van der Waals surface area contributed by atoms with Crippen LogP contribution in [-0.2, 0) is 4.79 Å². The van der Waals surface area contributed by atoms with Gasteiger partial charge in [-0.1, -0.05) is 0 Å². The van der Waals surface area contributed by atoms with Gasteiger partial charge in [-0.2, -0.15) is 0 Å². The molecule has 0 radical (unpaired) electrons. The third-order valence-corrected chi connectivity index (χ3v) is 2.68. The van der Waals surface area contributed by atoms with Crippen LogP contribution >= 0.6 is 15.9 Å². The van der Waals surface area contributed by atoms with Crippen LogP contribution in [0.25, 0.3) is 0 Å². The van der Waals surface area contributed by atoms with Gasteiger partial charge in [0, 0.05) is 23.2 Å². The van der Waals surface area contributed by atoms with Gasteiger partial charge in [0.05, 0.1) is 6.54 Å². The van der Waals surface area contributed by atoms with E-state index in [0.717, 1.165) is 10.9 Å². The molecule has 1 aromatic rings. The highest BCUT2D eigenvalue weighted by molar-refractivity contribution is 9.10. The number of aromatic nitrogens is 1. The fraction of sp³-hybridized carbons (Fsp3) is 0.400. The van der Waals surface area contributed by atoms with Crippen molar-refractivity contribution < 1.29 is 9.53 Å². The number of pyridine rings is 1. The fourth-order valence-corrected chi connectivity index (χ4v) is 1.65. The van der Waals surface area contributed by atoms with Gasteiger partial charge in [-0.15, -0.1) is 0 Å². The molecular formula is C10H11BrN2O2. The smallest absolute Gasteiger partial charge is 0.220 e. The number of hydrogen-bond donors (Lipinski definition) is 1. The Kier molecular flexibility index (Phi) is 3.20. The summed E-state index contributed by atoms with van der Waals surface area (Å²) < 4.78 is 6.53. The Morgan fingerprint density at radius 1 is 1.53 bits per heavy atom. The molecule has 0 unspecified atom stereocenters. The summed E-state index contributed by atoms with van der Waals surface area (Å²) in [5.41, 5.74) is 0. The molecular weight excluding hydrogens is 260 g/mol. The van der Waals surface area contributed by atoms with E-state index in [-0.39, 0.29) is 12.0 Å². The fourth-order valence-electron chi connectivity index (χ4n) is 1.41. The van der Waals surface area contributed by atoms with E-state index in [0.29, 0.717) is 18.8 Å². The van der Waals surface area contributed by atoms with Gasteiger partial charge in [0.25, 0.3) is 0 Å². The van der Waals surface area contributed by atoms with Crippen LogP contribution in [0, 0.1) is 0 Å². The lowest BCUT2D eigenvalue weighted by Crippen LogP contribution is -2.40. The number of ether oxygens (including phenoxy) is 1. The molecule has 0 bridgehead atoms. The predicted octanol–water partition coefficient (Wildman–Crippen LogP) is 1.50. The number of carbonyl (C=O) groups is 1. The van der Waals surface area contributed by atoms with Gasteiger partial charge in [-0.3, -0.25) is 4.79 Å². The Balaban J connectivity index is 1.91. The average molecular weight is 271 g/mol. The van der Waals surface area contributed by atoms with Crippen LogP contribution < -0.4 is 10.1 Å². The quantitative estimate of drug-likeness (QED) is 0.886. The van der Waals surface area contributed by atoms with Gasteiger partial charge in [0.2, 0.25) is 11.8 Å². The van der Waals surface area contributed by atoms with Gasteiger partial charge in [0.1, 0.15) is 6.10 Å². The van der Waals surface area contributed by atoms with Crippen LogP contribution in [-0.4, -0.2) is 23.5 Å². The first-order valence-electron chi connectivity index (χ1n) is 4.79. The Bertz CT molecular complexity index is 343. The van der Waals surface area contributed by atoms with E-state index in [9.17, 15) is 4.79 Å². The molecule has 0 aliphatic carbocycles. The molecule has 80 valence electrons. The van der Waals surface area contributed by atoms with Crippen LogP contribution in [0.5, 0.6) is 5.88 Å². The molecule has 0 spiro atoms. The summed E-state index contributed by atoms with van der Waals surface area (Å²) in [7, 11) is 0. The second kappa shape index (κ2) is 4.61. The zero-order chi connectivity index (χ0) is 10.7. The normalized spacial score (nSPS) is 20.9. The number of nitrogens with zero attached hydrogens (tertiary/aromatic N) is 1. The molecule has 1 atom stereocenters. The van der Waals surface area contributed by atoms with E-state index >= 15 is 0 Å². The summed E-state index contributed by atoms with van der Waals surface area (Å²) in [5.74, 6) is 0.693. The molecule has 5 heteroatoms. The molecule has 1 saturated heterocycles. The lowest BCUT2D eigenvalue weighted by Gasteiger charge is -2.22. The highest BCUT2D eigenvalue weighted by Gasteiger charge is 2.19. The summed E-state index contributed by atoms with van der Waals surface area (Å²) in [5, 5.41) is 2.76. The summed E-state index contributed by atoms with van der Waals surface area (Å²) in [6.07, 6.45) is 3.01. The Hall–Kier alpha value is -1.10. The van der Waals surface area contributed by atoms with Crippen LogP contribution in [0.15, 0.2) is 22.8 Å². The molecule has 2 heterocycles. The first-order valence-corrected chi connectivity index (χ1v) is 5.58. The van der Waals surface area contributed by atoms with Gasteiger partial charge in [0.15, 0.2) is 0 Å². The summed E-state index contributed by atoms with van der Waals surface area (Å²) in [6, 6.07) is 3.68. The molecule has 1 amide bonds. The maximum Gasteiger partial charge on any atom is 0.220 e.